The maximum atomic E-state index is 12.3. The summed E-state index contributed by atoms with van der Waals surface area (Å²) in [4.78, 5) is 12.3. The van der Waals surface area contributed by atoms with E-state index >= 15 is 0 Å². The molecule has 2 aromatic rings. The lowest BCUT2D eigenvalue weighted by atomic mass is 10.2. The van der Waals surface area contributed by atoms with Gasteiger partial charge in [-0.2, -0.15) is 4.31 Å². The van der Waals surface area contributed by atoms with Crippen molar-refractivity contribution in [3.05, 3.63) is 63.1 Å². The normalized spacial score (nSPS) is 11.6. The molecule has 134 valence electrons. The van der Waals surface area contributed by atoms with Gasteiger partial charge in [-0.3, -0.25) is 4.79 Å². The van der Waals surface area contributed by atoms with Gasteiger partial charge in [0, 0.05) is 21.7 Å². The molecule has 8 heteroatoms. The summed E-state index contributed by atoms with van der Waals surface area (Å²) in [5.74, 6) is -0.423. The van der Waals surface area contributed by atoms with Crippen LogP contribution in [-0.4, -0.2) is 31.4 Å². The topological polar surface area (TPSA) is 66.5 Å². The molecule has 0 saturated carbocycles. The van der Waals surface area contributed by atoms with Gasteiger partial charge in [-0.15, -0.1) is 0 Å². The monoisotopic (exact) mass is 444 g/mol. The standard InChI is InChI=1S/C17H18BrClN2O3S/c1-12-15(19)4-3-5-16(12)20-17(22)11-21(25(2,23)24)10-13-6-8-14(18)9-7-13/h3-9H,10-11H2,1-2H3,(H,20,22). The fraction of sp³-hybridized carbons (Fsp3) is 0.235. The maximum absolute atomic E-state index is 12.3. The van der Waals surface area contributed by atoms with Crippen LogP contribution in [0.2, 0.25) is 5.02 Å². The largest absolute Gasteiger partial charge is 0.325 e. The van der Waals surface area contributed by atoms with Gasteiger partial charge in [-0.25, -0.2) is 8.42 Å². The number of nitrogens with one attached hydrogen (secondary N) is 1. The minimum Gasteiger partial charge on any atom is -0.325 e. The predicted molar refractivity (Wildman–Crippen MR) is 104 cm³/mol. The second-order valence-corrected chi connectivity index (χ2v) is 8.92. The van der Waals surface area contributed by atoms with E-state index in [1.165, 1.54) is 0 Å². The number of benzene rings is 2. The van der Waals surface area contributed by atoms with Crippen molar-refractivity contribution in [1.29, 1.82) is 0 Å². The molecule has 0 heterocycles. The lowest BCUT2D eigenvalue weighted by Gasteiger charge is -2.20. The molecule has 0 aliphatic heterocycles. The zero-order valence-corrected chi connectivity index (χ0v) is 17.0. The minimum atomic E-state index is -3.54. The van der Waals surface area contributed by atoms with Crippen molar-refractivity contribution in [3.8, 4) is 0 Å². The third-order valence-electron chi connectivity index (χ3n) is 3.60. The van der Waals surface area contributed by atoms with Crippen molar-refractivity contribution in [2.75, 3.05) is 18.1 Å². The summed E-state index contributed by atoms with van der Waals surface area (Å²) < 4.78 is 26.1. The third-order valence-corrected chi connectivity index (χ3v) is 5.74. The second-order valence-electron chi connectivity index (χ2n) is 5.62. The summed E-state index contributed by atoms with van der Waals surface area (Å²) in [6, 6.07) is 12.4. The maximum Gasteiger partial charge on any atom is 0.239 e. The zero-order valence-electron chi connectivity index (χ0n) is 13.8. The molecule has 5 nitrogen and oxygen atoms in total. The molecule has 0 atom stereocenters. The van der Waals surface area contributed by atoms with E-state index in [4.69, 9.17) is 11.6 Å². The quantitative estimate of drug-likeness (QED) is 0.735. The molecule has 2 aromatic carbocycles. The Bertz CT molecular complexity index is 870. The van der Waals surface area contributed by atoms with Crippen LogP contribution in [0.4, 0.5) is 5.69 Å². The first-order valence-corrected chi connectivity index (χ1v) is 10.4. The SMILES string of the molecule is Cc1c(Cl)cccc1NC(=O)CN(Cc1ccc(Br)cc1)S(C)(=O)=O. The van der Waals surface area contributed by atoms with Gasteiger partial charge in [0.15, 0.2) is 0 Å². The summed E-state index contributed by atoms with van der Waals surface area (Å²) in [7, 11) is -3.54. The van der Waals surface area contributed by atoms with Gasteiger partial charge < -0.3 is 5.32 Å². The molecular weight excluding hydrogens is 428 g/mol. The summed E-state index contributed by atoms with van der Waals surface area (Å²) in [6.07, 6.45) is 1.09. The Morgan fingerprint density at radius 2 is 1.84 bits per heavy atom. The van der Waals surface area contributed by atoms with Crippen LogP contribution in [0.25, 0.3) is 0 Å². The number of rotatable bonds is 6. The highest BCUT2D eigenvalue weighted by Gasteiger charge is 2.21. The Kier molecular flexibility index (Phi) is 6.62. The van der Waals surface area contributed by atoms with Crippen LogP contribution in [0.15, 0.2) is 46.9 Å². The Morgan fingerprint density at radius 1 is 1.20 bits per heavy atom. The molecule has 0 radical (unpaired) electrons. The molecule has 0 spiro atoms. The Labute approximate surface area is 161 Å². The third kappa shape index (κ3) is 5.81. The van der Waals surface area contributed by atoms with Crippen LogP contribution in [0, 0.1) is 6.92 Å². The molecule has 25 heavy (non-hydrogen) atoms. The van der Waals surface area contributed by atoms with E-state index in [0.717, 1.165) is 26.2 Å². The Morgan fingerprint density at radius 3 is 2.44 bits per heavy atom. The summed E-state index contributed by atoms with van der Waals surface area (Å²) in [5.41, 5.74) is 2.09. The first-order valence-electron chi connectivity index (χ1n) is 7.41. The molecule has 1 amide bonds. The van der Waals surface area contributed by atoms with Crippen molar-refractivity contribution in [2.45, 2.75) is 13.5 Å². The van der Waals surface area contributed by atoms with Crippen molar-refractivity contribution in [2.24, 2.45) is 0 Å². The average molecular weight is 446 g/mol. The smallest absolute Gasteiger partial charge is 0.239 e. The Balaban J connectivity index is 2.12. The van der Waals surface area contributed by atoms with Gasteiger partial charge >= 0.3 is 0 Å². The van der Waals surface area contributed by atoms with E-state index in [2.05, 4.69) is 21.2 Å². The van der Waals surface area contributed by atoms with Crippen molar-refractivity contribution >= 4 is 49.1 Å². The highest BCUT2D eigenvalue weighted by molar-refractivity contribution is 9.10. The number of sulfonamides is 1. The molecule has 0 aliphatic carbocycles. The van der Waals surface area contributed by atoms with Gasteiger partial charge in [0.2, 0.25) is 15.9 Å². The molecule has 0 fully saturated rings. The molecule has 0 aliphatic rings. The van der Waals surface area contributed by atoms with Crippen LogP contribution >= 0.6 is 27.5 Å². The number of hydrogen-bond donors (Lipinski definition) is 1. The molecule has 1 N–H and O–H groups in total. The number of halogens is 2. The van der Waals surface area contributed by atoms with Crippen molar-refractivity contribution < 1.29 is 13.2 Å². The highest BCUT2D eigenvalue weighted by Crippen LogP contribution is 2.23. The summed E-state index contributed by atoms with van der Waals surface area (Å²) in [5, 5.41) is 3.25. The van der Waals surface area contributed by atoms with Gasteiger partial charge in [0.25, 0.3) is 0 Å². The number of carbonyl (C=O) groups excluding carboxylic acids is 1. The second kappa shape index (κ2) is 8.31. The number of amides is 1. The van der Waals surface area contributed by atoms with E-state index < -0.39 is 15.9 Å². The predicted octanol–water partition coefficient (Wildman–Crippen LogP) is 3.81. The van der Waals surface area contributed by atoms with Gasteiger partial charge in [-0.05, 0) is 42.3 Å². The highest BCUT2D eigenvalue weighted by atomic mass is 79.9. The fourth-order valence-corrected chi connectivity index (χ4v) is 3.35. The van der Waals surface area contributed by atoms with Gasteiger partial charge in [0.1, 0.15) is 0 Å². The van der Waals surface area contributed by atoms with Crippen LogP contribution in [0.1, 0.15) is 11.1 Å². The molecular formula is C17H18BrClN2O3S. The number of hydrogen-bond acceptors (Lipinski definition) is 3. The van der Waals surface area contributed by atoms with Crippen molar-refractivity contribution in [3.63, 3.8) is 0 Å². The molecule has 0 bridgehead atoms. The molecule has 0 saturated heterocycles. The van der Waals surface area contributed by atoms with Crippen LogP contribution in [-0.2, 0) is 21.4 Å². The summed E-state index contributed by atoms with van der Waals surface area (Å²) in [6.45, 7) is 1.63. The average Bonchev–Trinajstić information content (AvgIpc) is 2.52. The zero-order chi connectivity index (χ0) is 18.6. The van der Waals surface area contributed by atoms with E-state index in [0.29, 0.717) is 10.7 Å². The van der Waals surface area contributed by atoms with E-state index in [-0.39, 0.29) is 13.1 Å². The number of anilines is 1. The van der Waals surface area contributed by atoms with Gasteiger partial charge in [-0.1, -0.05) is 45.7 Å². The molecule has 2 rings (SSSR count). The van der Waals surface area contributed by atoms with E-state index in [9.17, 15) is 13.2 Å². The lowest BCUT2D eigenvalue weighted by molar-refractivity contribution is -0.116. The molecule has 0 unspecified atom stereocenters. The first-order chi connectivity index (χ1) is 11.7. The Hall–Kier alpha value is -1.41. The molecule has 0 aromatic heterocycles. The minimum absolute atomic E-state index is 0.119. The fourth-order valence-electron chi connectivity index (χ4n) is 2.18. The van der Waals surface area contributed by atoms with Gasteiger partial charge in [0.05, 0.1) is 12.8 Å². The lowest BCUT2D eigenvalue weighted by Crippen LogP contribution is -2.37. The van der Waals surface area contributed by atoms with Crippen molar-refractivity contribution in [1.82, 2.24) is 4.31 Å². The number of nitrogens with zero attached hydrogens (tertiary/aromatic N) is 1. The summed E-state index contributed by atoms with van der Waals surface area (Å²) >= 11 is 9.37. The van der Waals surface area contributed by atoms with Crippen LogP contribution in [0.3, 0.4) is 0 Å². The van der Waals surface area contributed by atoms with Crippen LogP contribution in [0.5, 0.6) is 0 Å². The van der Waals surface area contributed by atoms with E-state index in [1.807, 2.05) is 12.1 Å². The number of carbonyl (C=O) groups is 1. The van der Waals surface area contributed by atoms with Crippen LogP contribution < -0.4 is 5.32 Å². The van der Waals surface area contributed by atoms with E-state index in [1.54, 1.807) is 37.3 Å². The first kappa shape index (κ1) is 19.9.